The van der Waals surface area contributed by atoms with Crippen LogP contribution in [0, 0.1) is 0 Å². The Balaban J connectivity index is 0.00000288. The van der Waals surface area contributed by atoms with Gasteiger partial charge in [-0.25, -0.2) is 12.4 Å². The zero-order valence-electron chi connectivity index (χ0n) is 13.2. The number of nitrogens with zero attached hydrogens (tertiary/aromatic N) is 2. The van der Waals surface area contributed by atoms with Crippen molar-refractivity contribution in [3.05, 3.63) is 59.9 Å². The smallest absolute Gasteiger partial charge is 0.267 e. The Kier molecular flexibility index (Phi) is 7.23. The number of hydrogen-bond donors (Lipinski definition) is 0. The molecular formula is C16H18Cl2N2O3S. The second kappa shape index (κ2) is 8.48. The lowest BCUT2D eigenvalue weighted by atomic mass is 10.2. The predicted molar refractivity (Wildman–Crippen MR) is 98.0 cm³/mol. The highest BCUT2D eigenvalue weighted by Crippen LogP contribution is 2.17. The third kappa shape index (κ3) is 5.21. The number of carbonyl (C=O) groups is 1. The van der Waals surface area contributed by atoms with E-state index in [-0.39, 0.29) is 17.3 Å². The Morgan fingerprint density at radius 2 is 1.83 bits per heavy atom. The van der Waals surface area contributed by atoms with Crippen LogP contribution in [-0.4, -0.2) is 36.6 Å². The lowest BCUT2D eigenvalue weighted by Gasteiger charge is -2.10. The van der Waals surface area contributed by atoms with Crippen molar-refractivity contribution >= 4 is 45.3 Å². The van der Waals surface area contributed by atoms with Gasteiger partial charge >= 0.3 is 0 Å². The lowest BCUT2D eigenvalue weighted by Crippen LogP contribution is -2.12. The van der Waals surface area contributed by atoms with Crippen LogP contribution >= 0.6 is 24.0 Å². The molecule has 2 rings (SSSR count). The van der Waals surface area contributed by atoms with E-state index in [1.54, 1.807) is 30.3 Å². The quantitative estimate of drug-likeness (QED) is 0.563. The Morgan fingerprint density at radius 3 is 2.38 bits per heavy atom. The normalized spacial score (nSPS) is 11.7. The van der Waals surface area contributed by atoms with E-state index in [0.717, 1.165) is 16.1 Å². The highest BCUT2D eigenvalue weighted by Gasteiger charge is 2.16. The first kappa shape index (κ1) is 20.4. The second-order valence-electron chi connectivity index (χ2n) is 5.30. The van der Waals surface area contributed by atoms with Crippen molar-refractivity contribution in [1.82, 2.24) is 8.87 Å². The summed E-state index contributed by atoms with van der Waals surface area (Å²) in [6.07, 6.45) is 5.49. The highest BCUT2D eigenvalue weighted by molar-refractivity contribution is 7.90. The van der Waals surface area contributed by atoms with Crippen LogP contribution in [-0.2, 0) is 21.4 Å². The number of benzene rings is 1. The molecule has 1 aromatic heterocycles. The predicted octanol–water partition coefficient (Wildman–Crippen LogP) is 2.99. The van der Waals surface area contributed by atoms with Crippen LogP contribution in [0.15, 0.2) is 53.7 Å². The van der Waals surface area contributed by atoms with Crippen molar-refractivity contribution in [2.24, 2.45) is 0 Å². The fraction of sp³-hybridized carbons (Fsp3) is 0.188. The summed E-state index contributed by atoms with van der Waals surface area (Å²) in [4.78, 5) is 12.9. The molecule has 0 spiro atoms. The van der Waals surface area contributed by atoms with Crippen LogP contribution in [0.5, 0.6) is 0 Å². The fourth-order valence-corrected chi connectivity index (χ4v) is 3.32. The summed E-state index contributed by atoms with van der Waals surface area (Å²) in [5, 5.41) is -0.614. The summed E-state index contributed by atoms with van der Waals surface area (Å²) in [6.45, 7) is 0.741. The van der Waals surface area contributed by atoms with E-state index in [4.69, 9.17) is 11.6 Å². The Bertz CT molecular complexity index is 825. The Labute approximate surface area is 153 Å². The number of rotatable bonds is 6. The van der Waals surface area contributed by atoms with E-state index in [2.05, 4.69) is 0 Å². The standard InChI is InChI=1S/C16H17ClN2O3S.ClH/c1-18(2)11-13-3-6-15(7-4-13)23(21,22)19-10-9-14(12-19)5-8-16(17)20;/h3-10,12H,11H2,1-2H3;1H. The van der Waals surface area contributed by atoms with Gasteiger partial charge in [-0.1, -0.05) is 12.1 Å². The van der Waals surface area contributed by atoms with Crippen molar-refractivity contribution < 1.29 is 13.2 Å². The summed E-state index contributed by atoms with van der Waals surface area (Å²) in [6, 6.07) is 8.36. The number of carbonyl (C=O) groups excluding carboxylic acids is 1. The Hall–Kier alpha value is -1.60. The number of aromatic nitrogens is 1. The summed E-state index contributed by atoms with van der Waals surface area (Å²) in [7, 11) is 0.248. The minimum atomic E-state index is -3.65. The molecule has 0 aliphatic heterocycles. The molecule has 0 saturated carbocycles. The molecule has 0 aliphatic carbocycles. The maximum atomic E-state index is 12.6. The Morgan fingerprint density at radius 1 is 1.21 bits per heavy atom. The van der Waals surface area contributed by atoms with E-state index < -0.39 is 15.3 Å². The molecule has 0 fully saturated rings. The SMILES string of the molecule is CN(C)Cc1ccc(S(=O)(=O)n2ccc(C=CC(=O)Cl)c2)cc1.Cl. The van der Waals surface area contributed by atoms with Gasteiger partial charge in [0.1, 0.15) is 0 Å². The molecule has 0 aliphatic rings. The van der Waals surface area contributed by atoms with Crippen LogP contribution in [0.2, 0.25) is 0 Å². The van der Waals surface area contributed by atoms with Crippen molar-refractivity contribution in [3.63, 3.8) is 0 Å². The van der Waals surface area contributed by atoms with Gasteiger partial charge in [0.2, 0.25) is 5.24 Å². The fourth-order valence-electron chi connectivity index (χ4n) is 2.06. The summed E-state index contributed by atoms with van der Waals surface area (Å²) >= 11 is 5.22. The average Bonchev–Trinajstić information content (AvgIpc) is 2.94. The summed E-state index contributed by atoms with van der Waals surface area (Å²) in [5.41, 5.74) is 1.61. The molecule has 0 bridgehead atoms. The third-order valence-electron chi connectivity index (χ3n) is 3.09. The second-order valence-corrected chi connectivity index (χ2v) is 7.51. The zero-order valence-corrected chi connectivity index (χ0v) is 15.6. The molecule has 0 saturated heterocycles. The van der Waals surface area contributed by atoms with Gasteiger partial charge in [-0.05, 0) is 67.2 Å². The molecule has 24 heavy (non-hydrogen) atoms. The molecule has 1 aromatic carbocycles. The molecule has 8 heteroatoms. The zero-order chi connectivity index (χ0) is 17.0. The molecule has 2 aromatic rings. The molecule has 130 valence electrons. The topological polar surface area (TPSA) is 59.4 Å². The molecule has 0 atom stereocenters. The third-order valence-corrected chi connectivity index (χ3v) is 4.87. The first-order chi connectivity index (χ1) is 10.8. The minimum absolute atomic E-state index is 0. The average molecular weight is 389 g/mol. The molecule has 1 heterocycles. The van der Waals surface area contributed by atoms with Crippen LogP contribution < -0.4 is 0 Å². The first-order valence-corrected chi connectivity index (χ1v) is 8.65. The van der Waals surface area contributed by atoms with Crippen molar-refractivity contribution in [2.75, 3.05) is 14.1 Å². The molecular weight excluding hydrogens is 371 g/mol. The highest BCUT2D eigenvalue weighted by atomic mass is 35.5. The van der Waals surface area contributed by atoms with Gasteiger partial charge < -0.3 is 4.90 Å². The van der Waals surface area contributed by atoms with Crippen LogP contribution in [0.25, 0.3) is 6.08 Å². The van der Waals surface area contributed by atoms with E-state index in [1.165, 1.54) is 24.5 Å². The van der Waals surface area contributed by atoms with Gasteiger partial charge in [-0.3, -0.25) is 4.79 Å². The summed E-state index contributed by atoms with van der Waals surface area (Å²) in [5.74, 6) is 0. The molecule has 0 radical (unpaired) electrons. The van der Waals surface area contributed by atoms with Crippen molar-refractivity contribution in [3.8, 4) is 0 Å². The maximum Gasteiger partial charge on any atom is 0.267 e. The van der Waals surface area contributed by atoms with Crippen LogP contribution in [0.1, 0.15) is 11.1 Å². The van der Waals surface area contributed by atoms with Gasteiger partial charge in [0, 0.05) is 18.9 Å². The number of allylic oxidation sites excluding steroid dienone is 1. The van der Waals surface area contributed by atoms with E-state index in [0.29, 0.717) is 5.56 Å². The van der Waals surface area contributed by atoms with E-state index in [1.807, 2.05) is 19.0 Å². The largest absolute Gasteiger partial charge is 0.305 e. The van der Waals surface area contributed by atoms with Crippen LogP contribution in [0.4, 0.5) is 0 Å². The van der Waals surface area contributed by atoms with E-state index >= 15 is 0 Å². The van der Waals surface area contributed by atoms with Gasteiger partial charge in [-0.2, -0.15) is 0 Å². The summed E-state index contributed by atoms with van der Waals surface area (Å²) < 4.78 is 26.2. The lowest BCUT2D eigenvalue weighted by molar-refractivity contribution is -0.107. The van der Waals surface area contributed by atoms with Gasteiger partial charge in [0.15, 0.2) is 0 Å². The number of halogens is 2. The van der Waals surface area contributed by atoms with Gasteiger partial charge in [0.05, 0.1) is 4.90 Å². The molecule has 0 unspecified atom stereocenters. The minimum Gasteiger partial charge on any atom is -0.305 e. The molecule has 0 N–H and O–H groups in total. The van der Waals surface area contributed by atoms with Crippen molar-refractivity contribution in [1.29, 1.82) is 0 Å². The molecule has 5 nitrogen and oxygen atoms in total. The van der Waals surface area contributed by atoms with Gasteiger partial charge in [0.25, 0.3) is 10.0 Å². The number of hydrogen-bond acceptors (Lipinski definition) is 4. The monoisotopic (exact) mass is 388 g/mol. The van der Waals surface area contributed by atoms with E-state index in [9.17, 15) is 13.2 Å². The maximum absolute atomic E-state index is 12.6. The molecule has 0 amide bonds. The van der Waals surface area contributed by atoms with Crippen molar-refractivity contribution in [2.45, 2.75) is 11.4 Å². The van der Waals surface area contributed by atoms with Crippen LogP contribution in [0.3, 0.4) is 0 Å². The first-order valence-electron chi connectivity index (χ1n) is 6.84. The van der Waals surface area contributed by atoms with Gasteiger partial charge in [-0.15, -0.1) is 12.4 Å².